The lowest BCUT2D eigenvalue weighted by Crippen LogP contribution is -2.14. The number of anilines is 1. The number of hydrogen-bond acceptors (Lipinski definition) is 4. The summed E-state index contributed by atoms with van der Waals surface area (Å²) in [5, 5.41) is 18.4. The van der Waals surface area contributed by atoms with Crippen molar-refractivity contribution in [2.45, 2.75) is 18.7 Å². The number of carbonyl (C=O) groups is 1. The first-order valence-corrected chi connectivity index (χ1v) is 7.85. The molecule has 2 rings (SSSR count). The molecule has 0 radical (unpaired) electrons. The molecule has 0 aromatic heterocycles. The molecule has 0 fully saturated rings. The summed E-state index contributed by atoms with van der Waals surface area (Å²) in [4.78, 5) is 10.7. The maximum absolute atomic E-state index is 12.3. The van der Waals surface area contributed by atoms with Gasteiger partial charge in [0.1, 0.15) is 11.3 Å². The third-order valence-corrected chi connectivity index (χ3v) is 4.50. The summed E-state index contributed by atoms with van der Waals surface area (Å²) < 4.78 is 27.1. The van der Waals surface area contributed by atoms with E-state index >= 15 is 0 Å². The number of sulfonamides is 1. The van der Waals surface area contributed by atoms with Gasteiger partial charge in [0, 0.05) is 0 Å². The fourth-order valence-electron chi connectivity index (χ4n) is 1.99. The van der Waals surface area contributed by atoms with E-state index in [-0.39, 0.29) is 4.90 Å². The second-order valence-electron chi connectivity index (χ2n) is 4.91. The number of benzene rings is 2. The molecule has 0 heterocycles. The third-order valence-electron chi connectivity index (χ3n) is 3.13. The lowest BCUT2D eigenvalue weighted by atomic mass is 10.1. The number of aryl methyl sites for hydroxylation is 2. The average molecular weight is 321 g/mol. The average Bonchev–Trinajstić information content (AvgIpc) is 2.42. The normalized spacial score (nSPS) is 11.2. The Morgan fingerprint density at radius 2 is 1.77 bits per heavy atom. The second kappa shape index (κ2) is 5.69. The van der Waals surface area contributed by atoms with Crippen LogP contribution < -0.4 is 4.72 Å². The zero-order chi connectivity index (χ0) is 16.5. The number of aromatic hydroxyl groups is 1. The van der Waals surface area contributed by atoms with Gasteiger partial charge in [-0.3, -0.25) is 4.72 Å². The van der Waals surface area contributed by atoms with E-state index in [1.165, 1.54) is 0 Å². The third kappa shape index (κ3) is 3.20. The van der Waals surface area contributed by atoms with Crippen molar-refractivity contribution in [2.24, 2.45) is 0 Å². The van der Waals surface area contributed by atoms with Gasteiger partial charge in [-0.25, -0.2) is 13.2 Å². The number of phenols is 1. The van der Waals surface area contributed by atoms with Crippen LogP contribution in [0.2, 0.25) is 0 Å². The zero-order valence-corrected chi connectivity index (χ0v) is 12.8. The van der Waals surface area contributed by atoms with Crippen molar-refractivity contribution < 1.29 is 23.4 Å². The van der Waals surface area contributed by atoms with Crippen LogP contribution in [0.25, 0.3) is 0 Å². The van der Waals surface area contributed by atoms with Gasteiger partial charge < -0.3 is 10.2 Å². The molecule has 2 aromatic carbocycles. The number of hydrogen-bond donors (Lipinski definition) is 3. The minimum absolute atomic E-state index is 0.234. The fraction of sp³-hybridized carbons (Fsp3) is 0.133. The first-order valence-electron chi connectivity index (χ1n) is 6.37. The summed E-state index contributed by atoms with van der Waals surface area (Å²) in [6.07, 6.45) is 0. The maximum Gasteiger partial charge on any atom is 0.339 e. The Morgan fingerprint density at radius 1 is 1.09 bits per heavy atom. The lowest BCUT2D eigenvalue weighted by molar-refractivity contribution is 0.0693. The van der Waals surface area contributed by atoms with Gasteiger partial charge in [-0.2, -0.15) is 0 Å². The quantitative estimate of drug-likeness (QED) is 0.802. The number of carboxylic acid groups (broad SMARTS) is 1. The van der Waals surface area contributed by atoms with Crippen LogP contribution in [-0.2, 0) is 10.0 Å². The predicted molar refractivity (Wildman–Crippen MR) is 81.8 cm³/mol. The first kappa shape index (κ1) is 15.8. The van der Waals surface area contributed by atoms with Gasteiger partial charge in [0.05, 0.1) is 10.6 Å². The molecule has 0 saturated carbocycles. The zero-order valence-electron chi connectivity index (χ0n) is 12.0. The molecule has 0 unspecified atom stereocenters. The van der Waals surface area contributed by atoms with E-state index in [9.17, 15) is 18.3 Å². The van der Waals surface area contributed by atoms with E-state index in [1.54, 1.807) is 19.1 Å². The van der Waals surface area contributed by atoms with Gasteiger partial charge in [-0.15, -0.1) is 0 Å². The molecule has 0 amide bonds. The highest BCUT2D eigenvalue weighted by molar-refractivity contribution is 7.92. The van der Waals surface area contributed by atoms with Crippen molar-refractivity contribution in [3.8, 4) is 5.75 Å². The highest BCUT2D eigenvalue weighted by Crippen LogP contribution is 2.24. The van der Waals surface area contributed by atoms with Gasteiger partial charge in [0.25, 0.3) is 10.0 Å². The maximum atomic E-state index is 12.3. The van der Waals surface area contributed by atoms with Crippen molar-refractivity contribution in [3.63, 3.8) is 0 Å². The Morgan fingerprint density at radius 3 is 2.36 bits per heavy atom. The summed E-state index contributed by atoms with van der Waals surface area (Å²) in [6, 6.07) is 8.35. The minimum Gasteiger partial charge on any atom is -0.507 e. The molecule has 6 nitrogen and oxygen atoms in total. The number of rotatable bonds is 4. The summed E-state index contributed by atoms with van der Waals surface area (Å²) in [6.45, 7) is 3.66. The van der Waals surface area contributed by atoms with E-state index < -0.39 is 27.3 Å². The Kier molecular flexibility index (Phi) is 4.09. The van der Waals surface area contributed by atoms with Crippen LogP contribution in [0.1, 0.15) is 21.5 Å². The van der Waals surface area contributed by atoms with E-state index in [0.29, 0.717) is 5.69 Å². The van der Waals surface area contributed by atoms with Crippen LogP contribution in [0.15, 0.2) is 41.3 Å². The van der Waals surface area contributed by atoms with Crippen LogP contribution in [0.4, 0.5) is 5.69 Å². The molecule has 0 aliphatic heterocycles. The van der Waals surface area contributed by atoms with Gasteiger partial charge in [0.2, 0.25) is 0 Å². The van der Waals surface area contributed by atoms with Crippen molar-refractivity contribution >= 4 is 21.7 Å². The van der Waals surface area contributed by atoms with Crippen molar-refractivity contribution in [2.75, 3.05) is 4.72 Å². The van der Waals surface area contributed by atoms with Crippen LogP contribution in [-0.4, -0.2) is 24.6 Å². The van der Waals surface area contributed by atoms with E-state index in [0.717, 1.165) is 29.3 Å². The smallest absolute Gasteiger partial charge is 0.339 e. The fourth-order valence-corrected chi connectivity index (χ4v) is 3.14. The van der Waals surface area contributed by atoms with Gasteiger partial charge >= 0.3 is 5.97 Å². The predicted octanol–water partition coefficient (Wildman–Crippen LogP) is 2.51. The molecular formula is C15H15NO5S. The topological polar surface area (TPSA) is 104 Å². The standard InChI is InChI=1S/C15H15NO5S/c1-9-3-5-13(10(2)7-9)16-22(20,21)11-4-6-14(17)12(8-11)15(18)19/h3-8,16-17H,1-2H3,(H,18,19). The summed E-state index contributed by atoms with van der Waals surface area (Å²) >= 11 is 0. The van der Waals surface area contributed by atoms with Crippen LogP contribution in [0, 0.1) is 13.8 Å². The van der Waals surface area contributed by atoms with Gasteiger partial charge in [0.15, 0.2) is 0 Å². The van der Waals surface area contributed by atoms with E-state index in [2.05, 4.69) is 4.72 Å². The van der Waals surface area contributed by atoms with Crippen molar-refractivity contribution in [1.29, 1.82) is 0 Å². The Hall–Kier alpha value is -2.54. The molecule has 0 atom stereocenters. The van der Waals surface area contributed by atoms with Crippen LogP contribution >= 0.6 is 0 Å². The van der Waals surface area contributed by atoms with Gasteiger partial charge in [-0.1, -0.05) is 17.7 Å². The molecule has 0 aliphatic carbocycles. The number of aromatic carboxylic acids is 1. The molecular weight excluding hydrogens is 306 g/mol. The Balaban J connectivity index is 2.42. The minimum atomic E-state index is -3.95. The summed E-state index contributed by atoms with van der Waals surface area (Å²) in [7, 11) is -3.95. The molecule has 3 N–H and O–H groups in total. The van der Waals surface area contributed by atoms with Gasteiger partial charge in [-0.05, 0) is 43.7 Å². The highest BCUT2D eigenvalue weighted by atomic mass is 32.2. The molecule has 0 saturated heterocycles. The van der Waals surface area contributed by atoms with Crippen LogP contribution in [0.3, 0.4) is 0 Å². The van der Waals surface area contributed by atoms with E-state index in [4.69, 9.17) is 5.11 Å². The number of nitrogens with one attached hydrogen (secondary N) is 1. The molecule has 116 valence electrons. The highest BCUT2D eigenvalue weighted by Gasteiger charge is 2.19. The molecule has 2 aromatic rings. The lowest BCUT2D eigenvalue weighted by Gasteiger charge is -2.12. The molecule has 0 spiro atoms. The largest absolute Gasteiger partial charge is 0.507 e. The number of carboxylic acids is 1. The Labute approximate surface area is 128 Å². The van der Waals surface area contributed by atoms with E-state index in [1.807, 2.05) is 13.0 Å². The monoisotopic (exact) mass is 321 g/mol. The summed E-state index contributed by atoms with van der Waals surface area (Å²) in [5.74, 6) is -1.89. The molecule has 7 heteroatoms. The molecule has 0 aliphatic rings. The first-order chi connectivity index (χ1) is 10.2. The van der Waals surface area contributed by atoms with Crippen LogP contribution in [0.5, 0.6) is 5.75 Å². The second-order valence-corrected chi connectivity index (χ2v) is 6.59. The SMILES string of the molecule is Cc1ccc(NS(=O)(=O)c2ccc(O)c(C(=O)O)c2)c(C)c1. The van der Waals surface area contributed by atoms with Crippen molar-refractivity contribution in [1.82, 2.24) is 0 Å². The molecule has 0 bridgehead atoms. The van der Waals surface area contributed by atoms with Crippen molar-refractivity contribution in [3.05, 3.63) is 53.1 Å². The summed E-state index contributed by atoms with van der Waals surface area (Å²) in [5.41, 5.74) is 1.69. The molecule has 22 heavy (non-hydrogen) atoms. The Bertz CT molecular complexity index is 843.